The summed E-state index contributed by atoms with van der Waals surface area (Å²) in [5.41, 5.74) is 4.67. The molecule has 2 saturated heterocycles. The van der Waals surface area contributed by atoms with E-state index in [1.165, 1.54) is 11.1 Å². The number of aliphatic carboxylic acids is 1. The number of piperidine rings is 1. The molecule has 1 N–H and O–H groups in total. The summed E-state index contributed by atoms with van der Waals surface area (Å²) in [6.45, 7) is 0.963. The highest BCUT2D eigenvalue weighted by Gasteiger charge is 2.45. The number of benzene rings is 2. The Hall–Kier alpha value is -2.86. The van der Waals surface area contributed by atoms with Crippen LogP contribution in [0.15, 0.2) is 48.5 Å². The number of carboxylic acid groups (broad SMARTS) is 1. The van der Waals surface area contributed by atoms with Crippen LogP contribution in [-0.2, 0) is 14.3 Å². The highest BCUT2D eigenvalue weighted by Crippen LogP contribution is 2.44. The molecule has 0 bridgehead atoms. The van der Waals surface area contributed by atoms with E-state index in [1.807, 2.05) is 24.3 Å². The van der Waals surface area contributed by atoms with Gasteiger partial charge in [0.15, 0.2) is 0 Å². The zero-order valence-electron chi connectivity index (χ0n) is 16.0. The van der Waals surface area contributed by atoms with Gasteiger partial charge in [0, 0.05) is 19.1 Å². The van der Waals surface area contributed by atoms with Gasteiger partial charge in [0.1, 0.15) is 6.61 Å². The van der Waals surface area contributed by atoms with Crippen LogP contribution in [-0.4, -0.2) is 54.0 Å². The fourth-order valence-electron chi connectivity index (χ4n) is 5.01. The fourth-order valence-corrected chi connectivity index (χ4v) is 5.01. The first kappa shape index (κ1) is 18.2. The number of hydrogen-bond acceptors (Lipinski definition) is 4. The SMILES string of the molecule is O=C(O)C1CC2OCCC2N(C(=O)OCC2c3ccccc3-c3ccccc32)C1. The van der Waals surface area contributed by atoms with Crippen molar-refractivity contribution in [2.24, 2.45) is 5.92 Å². The van der Waals surface area contributed by atoms with Gasteiger partial charge in [-0.3, -0.25) is 4.79 Å². The molecule has 0 spiro atoms. The van der Waals surface area contributed by atoms with Crippen LogP contribution in [0.1, 0.15) is 29.9 Å². The van der Waals surface area contributed by atoms with Crippen molar-refractivity contribution < 1.29 is 24.2 Å². The van der Waals surface area contributed by atoms with E-state index in [4.69, 9.17) is 9.47 Å². The van der Waals surface area contributed by atoms with Crippen LogP contribution < -0.4 is 0 Å². The first-order valence-corrected chi connectivity index (χ1v) is 10.1. The van der Waals surface area contributed by atoms with Crippen molar-refractivity contribution in [3.05, 3.63) is 59.7 Å². The van der Waals surface area contributed by atoms with E-state index < -0.39 is 18.0 Å². The largest absolute Gasteiger partial charge is 0.481 e. The molecular weight excluding hydrogens is 370 g/mol. The summed E-state index contributed by atoms with van der Waals surface area (Å²) < 4.78 is 11.4. The minimum absolute atomic E-state index is 0.0120. The van der Waals surface area contributed by atoms with Gasteiger partial charge in [-0.2, -0.15) is 0 Å². The van der Waals surface area contributed by atoms with Gasteiger partial charge in [-0.15, -0.1) is 0 Å². The fraction of sp³-hybridized carbons (Fsp3) is 0.391. The van der Waals surface area contributed by atoms with Gasteiger partial charge in [-0.1, -0.05) is 48.5 Å². The van der Waals surface area contributed by atoms with Crippen molar-refractivity contribution in [2.75, 3.05) is 19.8 Å². The van der Waals surface area contributed by atoms with E-state index in [0.717, 1.165) is 17.5 Å². The summed E-state index contributed by atoms with van der Waals surface area (Å²) >= 11 is 0. The Balaban J connectivity index is 1.35. The average molecular weight is 393 g/mol. The van der Waals surface area contributed by atoms with Gasteiger partial charge in [0.25, 0.3) is 0 Å². The normalized spacial score (nSPS) is 25.2. The maximum Gasteiger partial charge on any atom is 0.410 e. The number of amides is 1. The molecular formula is C23H23NO5. The third kappa shape index (κ3) is 3.08. The first-order chi connectivity index (χ1) is 14.1. The van der Waals surface area contributed by atoms with Gasteiger partial charge in [0.2, 0.25) is 0 Å². The molecule has 3 unspecified atom stereocenters. The number of rotatable bonds is 3. The first-order valence-electron chi connectivity index (χ1n) is 10.1. The van der Waals surface area contributed by atoms with Crippen LogP contribution in [0.3, 0.4) is 0 Å². The van der Waals surface area contributed by atoms with E-state index in [2.05, 4.69) is 24.3 Å². The molecule has 6 nitrogen and oxygen atoms in total. The third-order valence-corrected chi connectivity index (χ3v) is 6.43. The van der Waals surface area contributed by atoms with Gasteiger partial charge >= 0.3 is 12.1 Å². The Labute approximate surface area is 169 Å². The second-order valence-corrected chi connectivity index (χ2v) is 7.99. The summed E-state index contributed by atoms with van der Waals surface area (Å²) in [6.07, 6.45) is 0.512. The zero-order valence-corrected chi connectivity index (χ0v) is 16.0. The predicted octanol–water partition coefficient (Wildman–Crippen LogP) is 3.50. The minimum atomic E-state index is -0.893. The molecule has 2 aromatic carbocycles. The van der Waals surface area contributed by atoms with Crippen LogP contribution in [0.4, 0.5) is 4.79 Å². The molecule has 3 aliphatic rings. The number of carbonyl (C=O) groups excluding carboxylic acids is 1. The highest BCUT2D eigenvalue weighted by molar-refractivity contribution is 5.79. The molecule has 6 heteroatoms. The van der Waals surface area contributed by atoms with Crippen LogP contribution in [0, 0.1) is 5.92 Å². The maximum absolute atomic E-state index is 12.9. The predicted molar refractivity (Wildman–Crippen MR) is 106 cm³/mol. The average Bonchev–Trinajstić information content (AvgIpc) is 3.34. The second-order valence-electron chi connectivity index (χ2n) is 7.99. The summed E-state index contributed by atoms with van der Waals surface area (Å²) in [4.78, 5) is 26.0. The number of carbonyl (C=O) groups is 2. The molecule has 29 heavy (non-hydrogen) atoms. The third-order valence-electron chi connectivity index (χ3n) is 6.43. The molecule has 1 amide bonds. The van der Waals surface area contributed by atoms with Crippen LogP contribution in [0.25, 0.3) is 11.1 Å². The van der Waals surface area contributed by atoms with Gasteiger partial charge in [-0.25, -0.2) is 4.79 Å². The van der Waals surface area contributed by atoms with E-state index >= 15 is 0 Å². The number of carboxylic acids is 1. The Morgan fingerprint density at radius 3 is 2.38 bits per heavy atom. The molecule has 0 radical (unpaired) electrons. The molecule has 2 heterocycles. The monoisotopic (exact) mass is 393 g/mol. The quantitative estimate of drug-likeness (QED) is 0.864. The van der Waals surface area contributed by atoms with Crippen LogP contribution in [0.2, 0.25) is 0 Å². The molecule has 1 aliphatic carbocycles. The molecule has 2 aromatic rings. The molecule has 2 fully saturated rings. The highest BCUT2D eigenvalue weighted by atomic mass is 16.6. The Bertz CT molecular complexity index is 912. The van der Waals surface area contributed by atoms with E-state index in [9.17, 15) is 14.7 Å². The zero-order chi connectivity index (χ0) is 20.0. The summed E-state index contributed by atoms with van der Waals surface area (Å²) in [5.74, 6) is -1.52. The van der Waals surface area contributed by atoms with Crippen molar-refractivity contribution in [3.8, 4) is 11.1 Å². The number of hydrogen-bond donors (Lipinski definition) is 1. The van der Waals surface area contributed by atoms with Crippen molar-refractivity contribution in [1.82, 2.24) is 4.90 Å². The van der Waals surface area contributed by atoms with E-state index in [0.29, 0.717) is 13.0 Å². The topological polar surface area (TPSA) is 76.1 Å². The second kappa shape index (κ2) is 7.19. The maximum atomic E-state index is 12.9. The Morgan fingerprint density at radius 1 is 1.07 bits per heavy atom. The van der Waals surface area contributed by atoms with E-state index in [1.54, 1.807) is 4.90 Å². The number of likely N-dealkylation sites (tertiary alicyclic amines) is 1. The lowest BCUT2D eigenvalue weighted by atomic mass is 9.90. The molecule has 150 valence electrons. The van der Waals surface area contributed by atoms with E-state index in [-0.39, 0.29) is 31.2 Å². The summed E-state index contributed by atoms with van der Waals surface area (Å²) in [5, 5.41) is 9.44. The lowest BCUT2D eigenvalue weighted by Crippen LogP contribution is -2.53. The number of fused-ring (bicyclic) bond motifs is 4. The summed E-state index contributed by atoms with van der Waals surface area (Å²) in [6, 6.07) is 16.3. The van der Waals surface area contributed by atoms with Crippen molar-refractivity contribution in [2.45, 2.75) is 30.9 Å². The summed E-state index contributed by atoms with van der Waals surface area (Å²) in [7, 11) is 0. The number of nitrogens with zero attached hydrogens (tertiary/aromatic N) is 1. The lowest BCUT2D eigenvalue weighted by molar-refractivity contribution is -0.145. The minimum Gasteiger partial charge on any atom is -0.481 e. The van der Waals surface area contributed by atoms with Crippen LogP contribution in [0.5, 0.6) is 0 Å². The molecule has 0 aromatic heterocycles. The van der Waals surface area contributed by atoms with Gasteiger partial charge in [0.05, 0.1) is 18.1 Å². The Kier molecular flexibility index (Phi) is 4.51. The molecule has 5 rings (SSSR count). The smallest absolute Gasteiger partial charge is 0.410 e. The molecule has 0 saturated carbocycles. The van der Waals surface area contributed by atoms with Crippen molar-refractivity contribution in [1.29, 1.82) is 0 Å². The van der Waals surface area contributed by atoms with Gasteiger partial charge < -0.3 is 19.5 Å². The molecule has 3 atom stereocenters. The standard InChI is InChI=1S/C23H23NO5/c25-22(26)14-11-21-20(9-10-28-21)24(12-14)23(27)29-13-19-17-7-3-1-5-15(17)16-6-2-4-8-18(16)19/h1-8,14,19-21H,9-13H2,(H,25,26). The van der Waals surface area contributed by atoms with Crippen molar-refractivity contribution in [3.63, 3.8) is 0 Å². The number of ether oxygens (including phenoxy) is 2. The molecule has 2 aliphatic heterocycles. The van der Waals surface area contributed by atoms with Crippen molar-refractivity contribution >= 4 is 12.1 Å². The van der Waals surface area contributed by atoms with Crippen LogP contribution >= 0.6 is 0 Å². The lowest BCUT2D eigenvalue weighted by Gasteiger charge is -2.38. The van der Waals surface area contributed by atoms with Gasteiger partial charge in [-0.05, 0) is 35.1 Å². The Morgan fingerprint density at radius 2 is 1.72 bits per heavy atom.